The van der Waals surface area contributed by atoms with Gasteiger partial charge in [-0.05, 0) is 12.1 Å². The van der Waals surface area contributed by atoms with Crippen molar-refractivity contribution in [2.75, 3.05) is 5.75 Å². The lowest BCUT2D eigenvalue weighted by atomic mass is 10.1. The van der Waals surface area contributed by atoms with Crippen LogP contribution in [0.5, 0.6) is 0 Å². The van der Waals surface area contributed by atoms with Gasteiger partial charge in [-0.3, -0.25) is 4.79 Å². The summed E-state index contributed by atoms with van der Waals surface area (Å²) in [5, 5.41) is 9.17. The maximum Gasteiger partial charge on any atom is 0.314 e. The van der Waals surface area contributed by atoms with Crippen molar-refractivity contribution < 1.29 is 14.3 Å². The normalized spacial score (nSPS) is 10.7. The zero-order valence-corrected chi connectivity index (χ0v) is 14.3. The molecule has 0 bridgehead atoms. The van der Waals surface area contributed by atoms with Gasteiger partial charge in [0.25, 0.3) is 5.22 Å². The number of aromatic nitrogens is 1. The summed E-state index contributed by atoms with van der Waals surface area (Å²) in [5.74, 6) is -0.365. The second-order valence-corrected chi connectivity index (χ2v) is 6.56. The Balaban J connectivity index is 2.07. The molecule has 1 heterocycles. The number of aliphatic carboxylic acids is 1. The number of carbonyl (C=O) groups is 1. The van der Waals surface area contributed by atoms with Crippen LogP contribution >= 0.6 is 27.7 Å². The Hall–Kier alpha value is -2.05. The van der Waals surface area contributed by atoms with Crippen LogP contribution in [0.1, 0.15) is 0 Å². The third kappa shape index (κ3) is 3.83. The lowest BCUT2D eigenvalue weighted by molar-refractivity contribution is -0.133. The van der Waals surface area contributed by atoms with Crippen molar-refractivity contribution in [3.05, 3.63) is 59.1 Å². The molecule has 6 heteroatoms. The maximum absolute atomic E-state index is 10.8. The molecule has 0 aliphatic carbocycles. The number of nitrogens with zero attached hydrogens (tertiary/aromatic N) is 1. The largest absolute Gasteiger partial charge is 0.481 e. The minimum Gasteiger partial charge on any atom is -0.481 e. The molecule has 0 aliphatic rings. The highest BCUT2D eigenvalue weighted by atomic mass is 79.9. The number of thioether (sulfide) groups is 1. The van der Waals surface area contributed by atoms with Crippen molar-refractivity contribution in [2.45, 2.75) is 5.22 Å². The van der Waals surface area contributed by atoms with Crippen LogP contribution in [-0.2, 0) is 4.79 Å². The minimum absolute atomic E-state index is 0.0906. The Morgan fingerprint density at radius 2 is 1.87 bits per heavy atom. The van der Waals surface area contributed by atoms with E-state index in [2.05, 4.69) is 20.9 Å². The van der Waals surface area contributed by atoms with E-state index in [1.54, 1.807) is 0 Å². The minimum atomic E-state index is -0.904. The lowest BCUT2D eigenvalue weighted by Crippen LogP contribution is -1.97. The first-order valence-corrected chi connectivity index (χ1v) is 8.58. The molecule has 1 aromatic heterocycles. The fourth-order valence-corrected chi connectivity index (χ4v) is 3.05. The summed E-state index contributed by atoms with van der Waals surface area (Å²) in [4.78, 5) is 15.2. The van der Waals surface area contributed by atoms with E-state index in [-0.39, 0.29) is 5.75 Å². The molecule has 1 N–H and O–H groups in total. The van der Waals surface area contributed by atoms with Crippen molar-refractivity contribution in [3.8, 4) is 22.6 Å². The molecule has 2 aromatic carbocycles. The molecule has 0 fully saturated rings. The smallest absolute Gasteiger partial charge is 0.314 e. The highest BCUT2D eigenvalue weighted by Gasteiger charge is 2.18. The summed E-state index contributed by atoms with van der Waals surface area (Å²) in [6.07, 6.45) is 0. The van der Waals surface area contributed by atoms with Crippen molar-refractivity contribution in [2.24, 2.45) is 0 Å². The van der Waals surface area contributed by atoms with Crippen LogP contribution in [0.15, 0.2) is 68.7 Å². The summed E-state index contributed by atoms with van der Waals surface area (Å²) < 4.78 is 6.76. The fraction of sp³-hybridized carbons (Fsp3) is 0.0588. The van der Waals surface area contributed by atoms with Crippen LogP contribution in [0.2, 0.25) is 0 Å². The second kappa shape index (κ2) is 7.02. The molecule has 0 amide bonds. The third-order valence-electron chi connectivity index (χ3n) is 3.06. The van der Waals surface area contributed by atoms with E-state index in [4.69, 9.17) is 9.52 Å². The van der Waals surface area contributed by atoms with Gasteiger partial charge in [0.05, 0.1) is 0 Å². The summed E-state index contributed by atoms with van der Waals surface area (Å²) in [5.41, 5.74) is 2.51. The molecule has 3 rings (SSSR count). The molecule has 0 spiro atoms. The van der Waals surface area contributed by atoms with Crippen LogP contribution in [0.25, 0.3) is 22.6 Å². The predicted octanol–water partition coefficient (Wildman–Crippen LogP) is 4.95. The Morgan fingerprint density at radius 1 is 1.13 bits per heavy atom. The molecular formula is C17H12BrNO3S. The van der Waals surface area contributed by atoms with Crippen molar-refractivity contribution in [1.29, 1.82) is 0 Å². The highest BCUT2D eigenvalue weighted by Crippen LogP contribution is 2.36. The van der Waals surface area contributed by atoms with Gasteiger partial charge in [0, 0.05) is 15.6 Å². The zero-order valence-electron chi connectivity index (χ0n) is 11.9. The predicted molar refractivity (Wildman–Crippen MR) is 93.4 cm³/mol. The SMILES string of the molecule is O=C(O)CSc1nc(-c2ccccc2)c(-c2cccc(Br)c2)o1. The van der Waals surface area contributed by atoms with Crippen molar-refractivity contribution in [1.82, 2.24) is 4.98 Å². The summed E-state index contributed by atoms with van der Waals surface area (Å²) in [6.45, 7) is 0. The van der Waals surface area contributed by atoms with Gasteiger partial charge in [0.1, 0.15) is 11.4 Å². The number of hydrogen-bond donors (Lipinski definition) is 1. The summed E-state index contributed by atoms with van der Waals surface area (Å²) in [6, 6.07) is 17.4. The number of carboxylic acid groups (broad SMARTS) is 1. The molecule has 0 saturated carbocycles. The van der Waals surface area contributed by atoms with E-state index in [9.17, 15) is 4.79 Å². The van der Waals surface area contributed by atoms with Gasteiger partial charge in [-0.1, -0.05) is 70.2 Å². The van der Waals surface area contributed by atoms with Gasteiger partial charge >= 0.3 is 5.97 Å². The van der Waals surface area contributed by atoms with Gasteiger partial charge in [0.15, 0.2) is 5.76 Å². The Bertz CT molecular complexity index is 833. The van der Waals surface area contributed by atoms with Crippen LogP contribution < -0.4 is 0 Å². The standard InChI is InChI=1S/C17H12BrNO3S/c18-13-8-4-7-12(9-13)16-15(11-5-2-1-3-6-11)19-17(22-16)23-10-14(20)21/h1-9H,10H2,(H,20,21). The number of benzene rings is 2. The van der Waals surface area contributed by atoms with Gasteiger partial charge in [0.2, 0.25) is 0 Å². The van der Waals surface area contributed by atoms with Crippen LogP contribution in [-0.4, -0.2) is 21.8 Å². The van der Waals surface area contributed by atoms with E-state index in [1.807, 2.05) is 54.6 Å². The molecule has 0 aliphatic heterocycles. The molecule has 23 heavy (non-hydrogen) atoms. The first kappa shape index (κ1) is 15.8. The van der Waals surface area contributed by atoms with E-state index in [0.29, 0.717) is 16.7 Å². The topological polar surface area (TPSA) is 63.3 Å². The Kier molecular flexibility index (Phi) is 4.83. The van der Waals surface area contributed by atoms with Crippen molar-refractivity contribution >= 4 is 33.7 Å². The number of carboxylic acids is 1. The third-order valence-corrected chi connectivity index (χ3v) is 4.37. The average Bonchev–Trinajstić information content (AvgIpc) is 2.98. The fourth-order valence-electron chi connectivity index (χ4n) is 2.10. The van der Waals surface area contributed by atoms with Crippen LogP contribution in [0, 0.1) is 0 Å². The number of rotatable bonds is 5. The van der Waals surface area contributed by atoms with Gasteiger partial charge in [-0.25, -0.2) is 4.98 Å². The second-order valence-electron chi connectivity index (χ2n) is 4.72. The molecule has 0 unspecified atom stereocenters. The average molecular weight is 390 g/mol. The van der Waals surface area contributed by atoms with Gasteiger partial charge in [-0.2, -0.15) is 0 Å². The molecule has 3 aromatic rings. The molecular weight excluding hydrogens is 378 g/mol. The van der Waals surface area contributed by atoms with E-state index < -0.39 is 5.97 Å². The number of hydrogen-bond acceptors (Lipinski definition) is 4. The Labute approximate surface area is 145 Å². The number of oxazole rings is 1. The molecule has 116 valence electrons. The maximum atomic E-state index is 10.8. The van der Waals surface area contributed by atoms with E-state index in [1.165, 1.54) is 0 Å². The number of halogens is 1. The van der Waals surface area contributed by atoms with Crippen LogP contribution in [0.4, 0.5) is 0 Å². The van der Waals surface area contributed by atoms with E-state index in [0.717, 1.165) is 27.4 Å². The monoisotopic (exact) mass is 389 g/mol. The highest BCUT2D eigenvalue weighted by molar-refractivity contribution is 9.10. The van der Waals surface area contributed by atoms with E-state index >= 15 is 0 Å². The first-order chi connectivity index (χ1) is 11.1. The zero-order chi connectivity index (χ0) is 16.2. The molecule has 4 nitrogen and oxygen atoms in total. The van der Waals surface area contributed by atoms with Crippen LogP contribution in [0.3, 0.4) is 0 Å². The first-order valence-electron chi connectivity index (χ1n) is 6.80. The van der Waals surface area contributed by atoms with Gasteiger partial charge < -0.3 is 9.52 Å². The Morgan fingerprint density at radius 3 is 2.57 bits per heavy atom. The molecule has 0 saturated heterocycles. The van der Waals surface area contributed by atoms with Gasteiger partial charge in [-0.15, -0.1) is 0 Å². The molecule has 0 radical (unpaired) electrons. The quantitative estimate of drug-likeness (QED) is 0.625. The molecule has 0 atom stereocenters. The van der Waals surface area contributed by atoms with Crippen molar-refractivity contribution in [3.63, 3.8) is 0 Å². The summed E-state index contributed by atoms with van der Waals surface area (Å²) >= 11 is 4.52. The lowest BCUT2D eigenvalue weighted by Gasteiger charge is -2.02. The summed E-state index contributed by atoms with van der Waals surface area (Å²) in [7, 11) is 0.